The van der Waals surface area contributed by atoms with Crippen LogP contribution in [0.1, 0.15) is 23.7 Å². The van der Waals surface area contributed by atoms with Crippen molar-refractivity contribution >= 4 is 35.0 Å². The zero-order chi connectivity index (χ0) is 14.0. The summed E-state index contributed by atoms with van der Waals surface area (Å²) in [5.74, 6) is -0.731. The molecular weight excluding hydrogens is 286 g/mol. The minimum Gasteiger partial charge on any atom is -0.481 e. The Morgan fingerprint density at radius 3 is 2.95 bits per heavy atom. The molecule has 0 aliphatic heterocycles. The number of thioether (sulfide) groups is 1. The second kappa shape index (κ2) is 5.57. The van der Waals surface area contributed by atoms with E-state index in [1.165, 1.54) is 11.3 Å². The van der Waals surface area contributed by atoms with Crippen molar-refractivity contribution in [3.63, 3.8) is 0 Å². The molecule has 7 nitrogen and oxygen atoms in total. The molecule has 1 atom stereocenters. The molecule has 0 spiro atoms. The van der Waals surface area contributed by atoms with E-state index in [1.54, 1.807) is 4.57 Å². The Bertz CT molecular complexity index is 595. The van der Waals surface area contributed by atoms with E-state index in [4.69, 9.17) is 10.8 Å². The van der Waals surface area contributed by atoms with Crippen molar-refractivity contribution in [1.82, 2.24) is 19.7 Å². The first-order valence-corrected chi connectivity index (χ1v) is 7.32. The van der Waals surface area contributed by atoms with E-state index >= 15 is 0 Å². The van der Waals surface area contributed by atoms with Gasteiger partial charge in [0.1, 0.15) is 5.01 Å². The molecule has 0 aromatic carbocycles. The summed E-state index contributed by atoms with van der Waals surface area (Å²) in [6.45, 7) is 3.85. The second-order valence-electron chi connectivity index (χ2n) is 3.90. The first kappa shape index (κ1) is 13.8. The third kappa shape index (κ3) is 3.04. The summed E-state index contributed by atoms with van der Waals surface area (Å²) in [7, 11) is 0. The third-order valence-electron chi connectivity index (χ3n) is 2.40. The van der Waals surface area contributed by atoms with Crippen LogP contribution in [-0.4, -0.2) is 36.6 Å². The molecule has 0 radical (unpaired) electrons. The Hall–Kier alpha value is -1.61. The zero-order valence-electron chi connectivity index (χ0n) is 10.4. The van der Waals surface area contributed by atoms with Crippen LogP contribution < -0.4 is 5.73 Å². The standard InChI is InChI=1S/C10H13N5O2S2/c1-5-3-18-8(12-5)6(2)15-9(11)13-14-10(15)19-4-7(16)17/h3,6H,4H2,1-2H3,(H2,11,13)(H,16,17). The van der Waals surface area contributed by atoms with Gasteiger partial charge in [-0.2, -0.15) is 0 Å². The molecule has 0 bridgehead atoms. The van der Waals surface area contributed by atoms with Crippen LogP contribution >= 0.6 is 23.1 Å². The van der Waals surface area contributed by atoms with Crippen LogP contribution in [0.2, 0.25) is 0 Å². The number of hydrogen-bond donors (Lipinski definition) is 2. The highest BCUT2D eigenvalue weighted by Gasteiger charge is 2.20. The summed E-state index contributed by atoms with van der Waals surface area (Å²) in [5, 5.41) is 19.8. The fourth-order valence-corrected chi connectivity index (χ4v) is 3.14. The number of nitrogen functional groups attached to an aromatic ring is 1. The lowest BCUT2D eigenvalue weighted by atomic mass is 10.3. The van der Waals surface area contributed by atoms with Gasteiger partial charge < -0.3 is 10.8 Å². The van der Waals surface area contributed by atoms with E-state index in [1.807, 2.05) is 19.2 Å². The minimum atomic E-state index is -0.907. The molecule has 2 aromatic heterocycles. The second-order valence-corrected chi connectivity index (χ2v) is 5.73. The van der Waals surface area contributed by atoms with E-state index in [2.05, 4.69) is 15.2 Å². The van der Waals surface area contributed by atoms with Crippen LogP contribution in [0.15, 0.2) is 10.5 Å². The van der Waals surface area contributed by atoms with Crippen molar-refractivity contribution in [2.24, 2.45) is 0 Å². The number of carbonyl (C=O) groups is 1. The average Bonchev–Trinajstić information content (AvgIpc) is 2.92. The SMILES string of the molecule is Cc1csc(C(C)n2c(N)nnc2SCC(=O)O)n1. The number of carboxylic acid groups (broad SMARTS) is 1. The summed E-state index contributed by atoms with van der Waals surface area (Å²) in [5.41, 5.74) is 6.74. The predicted octanol–water partition coefficient (Wildman–Crippen LogP) is 1.41. The largest absolute Gasteiger partial charge is 0.481 e. The van der Waals surface area contributed by atoms with Crippen LogP contribution in [0.3, 0.4) is 0 Å². The lowest BCUT2D eigenvalue weighted by Crippen LogP contribution is -2.12. The molecule has 0 saturated heterocycles. The minimum absolute atomic E-state index is 0.0816. The maximum absolute atomic E-state index is 10.6. The smallest absolute Gasteiger partial charge is 0.313 e. The third-order valence-corrected chi connectivity index (χ3v) is 4.46. The van der Waals surface area contributed by atoms with Gasteiger partial charge in [0, 0.05) is 11.1 Å². The molecule has 3 N–H and O–H groups in total. The number of nitrogens with zero attached hydrogens (tertiary/aromatic N) is 4. The first-order valence-electron chi connectivity index (χ1n) is 5.46. The maximum atomic E-state index is 10.6. The molecule has 19 heavy (non-hydrogen) atoms. The number of hydrogen-bond acceptors (Lipinski definition) is 7. The molecule has 102 valence electrons. The van der Waals surface area contributed by atoms with E-state index in [9.17, 15) is 4.79 Å². The molecule has 0 amide bonds. The van der Waals surface area contributed by atoms with Gasteiger partial charge in [0.25, 0.3) is 0 Å². The van der Waals surface area contributed by atoms with Gasteiger partial charge in [0.15, 0.2) is 5.16 Å². The topological polar surface area (TPSA) is 107 Å². The number of aliphatic carboxylic acids is 1. The maximum Gasteiger partial charge on any atom is 0.313 e. The zero-order valence-corrected chi connectivity index (χ0v) is 12.0. The van der Waals surface area contributed by atoms with Crippen LogP contribution in [-0.2, 0) is 4.79 Å². The van der Waals surface area contributed by atoms with E-state index in [-0.39, 0.29) is 17.7 Å². The van der Waals surface area contributed by atoms with Crippen molar-refractivity contribution in [2.45, 2.75) is 25.0 Å². The lowest BCUT2D eigenvalue weighted by molar-refractivity contribution is -0.133. The summed E-state index contributed by atoms with van der Waals surface area (Å²) in [4.78, 5) is 15.0. The highest BCUT2D eigenvalue weighted by atomic mass is 32.2. The molecule has 2 rings (SSSR count). The van der Waals surface area contributed by atoms with E-state index in [0.29, 0.717) is 5.16 Å². The molecule has 2 heterocycles. The summed E-state index contributed by atoms with van der Waals surface area (Å²) in [6.07, 6.45) is 0. The number of aryl methyl sites for hydroxylation is 1. The van der Waals surface area contributed by atoms with Crippen molar-refractivity contribution in [1.29, 1.82) is 0 Å². The van der Waals surface area contributed by atoms with Gasteiger partial charge in [-0.1, -0.05) is 11.8 Å². The normalized spacial score (nSPS) is 12.5. The molecule has 2 aromatic rings. The Balaban J connectivity index is 2.27. The van der Waals surface area contributed by atoms with Gasteiger partial charge in [-0.25, -0.2) is 4.98 Å². The molecule has 0 aliphatic rings. The van der Waals surface area contributed by atoms with Crippen molar-refractivity contribution in [3.05, 3.63) is 16.1 Å². The summed E-state index contributed by atoms with van der Waals surface area (Å²) >= 11 is 2.62. The van der Waals surface area contributed by atoms with Gasteiger partial charge in [0.05, 0.1) is 11.8 Å². The number of nitrogens with two attached hydrogens (primary N) is 1. The van der Waals surface area contributed by atoms with Gasteiger partial charge in [-0.15, -0.1) is 21.5 Å². The number of anilines is 1. The molecule has 9 heteroatoms. The summed E-state index contributed by atoms with van der Waals surface area (Å²) < 4.78 is 1.70. The van der Waals surface area contributed by atoms with Gasteiger partial charge in [0.2, 0.25) is 5.95 Å². The average molecular weight is 299 g/mol. The predicted molar refractivity (Wildman–Crippen MR) is 73.5 cm³/mol. The van der Waals surface area contributed by atoms with E-state index < -0.39 is 5.97 Å². The quantitative estimate of drug-likeness (QED) is 0.804. The Labute approximate surface area is 117 Å². The number of carboxylic acids is 1. The van der Waals surface area contributed by atoms with Gasteiger partial charge in [-0.05, 0) is 13.8 Å². The number of rotatable bonds is 5. The van der Waals surface area contributed by atoms with E-state index in [0.717, 1.165) is 22.5 Å². The van der Waals surface area contributed by atoms with Gasteiger partial charge in [-0.3, -0.25) is 9.36 Å². The lowest BCUT2D eigenvalue weighted by Gasteiger charge is -2.13. The number of aromatic nitrogens is 4. The fraction of sp³-hybridized carbons (Fsp3) is 0.400. The summed E-state index contributed by atoms with van der Waals surface area (Å²) in [6, 6.07) is -0.120. The van der Waals surface area contributed by atoms with Crippen LogP contribution in [0.25, 0.3) is 0 Å². The van der Waals surface area contributed by atoms with Crippen LogP contribution in [0.5, 0.6) is 0 Å². The highest BCUT2D eigenvalue weighted by molar-refractivity contribution is 7.99. The van der Waals surface area contributed by atoms with Crippen molar-refractivity contribution in [3.8, 4) is 0 Å². The molecule has 1 unspecified atom stereocenters. The molecule has 0 aliphatic carbocycles. The molecule has 0 fully saturated rings. The van der Waals surface area contributed by atoms with Crippen molar-refractivity contribution in [2.75, 3.05) is 11.5 Å². The Kier molecular flexibility index (Phi) is 4.05. The Morgan fingerprint density at radius 1 is 1.63 bits per heavy atom. The molecular formula is C10H13N5O2S2. The van der Waals surface area contributed by atoms with Crippen molar-refractivity contribution < 1.29 is 9.90 Å². The number of thiazole rings is 1. The van der Waals surface area contributed by atoms with Gasteiger partial charge >= 0.3 is 5.97 Å². The van der Waals surface area contributed by atoms with Crippen LogP contribution in [0.4, 0.5) is 5.95 Å². The highest BCUT2D eigenvalue weighted by Crippen LogP contribution is 2.28. The fourth-order valence-electron chi connectivity index (χ4n) is 1.55. The Morgan fingerprint density at radius 2 is 2.37 bits per heavy atom. The molecule has 0 saturated carbocycles. The first-order chi connectivity index (χ1) is 8.99. The van der Waals surface area contributed by atoms with Crippen LogP contribution in [0, 0.1) is 6.92 Å². The monoisotopic (exact) mass is 299 g/mol.